The molecule has 0 bridgehead atoms. The van der Waals surface area contributed by atoms with E-state index in [2.05, 4.69) is 6.92 Å². The maximum Gasteiger partial charge on any atom is -0.0228 e. The van der Waals surface area contributed by atoms with Crippen molar-refractivity contribution in [3.63, 3.8) is 0 Å². The van der Waals surface area contributed by atoms with Crippen LogP contribution in [0, 0.1) is 0 Å². The summed E-state index contributed by atoms with van der Waals surface area (Å²) in [7, 11) is 1.31. The fourth-order valence-corrected chi connectivity index (χ4v) is 0.354. The van der Waals surface area contributed by atoms with E-state index in [-0.39, 0.29) is 0 Å². The fraction of sp³-hybridized carbons (Fsp3) is 1.00. The predicted octanol–water partition coefficient (Wildman–Crippen LogP) is 1.07. The topological polar surface area (TPSA) is 0 Å². The standard InChI is InChI=1S/C3H7P/c1-3-2-4-3/h3-4H,2H2,1H3/t3-/m1/s1. The van der Waals surface area contributed by atoms with Crippen LogP contribution >= 0.6 is 8.58 Å². The van der Waals surface area contributed by atoms with Gasteiger partial charge in [0.25, 0.3) is 0 Å². The molecule has 0 spiro atoms. The zero-order valence-electron chi connectivity index (χ0n) is 2.78. The fourth-order valence-electron chi connectivity index (χ4n) is 0.118. The number of hydrogen-bond donors (Lipinski definition) is 0. The minimum Gasteiger partial charge on any atom is -0.118 e. The van der Waals surface area contributed by atoms with Crippen molar-refractivity contribution in [1.82, 2.24) is 0 Å². The summed E-state index contributed by atoms with van der Waals surface area (Å²) < 4.78 is 0. The van der Waals surface area contributed by atoms with Gasteiger partial charge >= 0.3 is 0 Å². The van der Waals surface area contributed by atoms with Crippen LogP contribution in [0.4, 0.5) is 0 Å². The number of rotatable bonds is 0. The molecule has 2 atom stereocenters. The van der Waals surface area contributed by atoms with Crippen molar-refractivity contribution >= 4 is 8.58 Å². The van der Waals surface area contributed by atoms with Gasteiger partial charge in [0.05, 0.1) is 0 Å². The second-order valence-electron chi connectivity index (χ2n) is 1.31. The zero-order valence-corrected chi connectivity index (χ0v) is 3.78. The smallest absolute Gasteiger partial charge is 0.0228 e. The van der Waals surface area contributed by atoms with Gasteiger partial charge in [0, 0.05) is 0 Å². The van der Waals surface area contributed by atoms with Crippen LogP contribution in [0.1, 0.15) is 6.92 Å². The van der Waals surface area contributed by atoms with Gasteiger partial charge in [-0.1, -0.05) is 6.92 Å². The lowest BCUT2D eigenvalue weighted by atomic mass is 10.6. The molecule has 0 aromatic carbocycles. The minimum absolute atomic E-state index is 1.11. The average Bonchev–Trinajstić information content (AvgIpc) is 1.75. The highest BCUT2D eigenvalue weighted by molar-refractivity contribution is 7.47. The second kappa shape index (κ2) is 0.687. The molecule has 1 fully saturated rings. The van der Waals surface area contributed by atoms with Crippen LogP contribution in [-0.2, 0) is 0 Å². The molecule has 1 aliphatic heterocycles. The van der Waals surface area contributed by atoms with Gasteiger partial charge in [-0.3, -0.25) is 0 Å². The van der Waals surface area contributed by atoms with Crippen LogP contribution < -0.4 is 0 Å². The lowest BCUT2D eigenvalue weighted by Crippen LogP contribution is -1.57. The van der Waals surface area contributed by atoms with Crippen molar-refractivity contribution in [3.8, 4) is 0 Å². The van der Waals surface area contributed by atoms with E-state index < -0.39 is 0 Å². The molecule has 0 radical (unpaired) electrons. The molecule has 4 heavy (non-hydrogen) atoms. The van der Waals surface area contributed by atoms with Gasteiger partial charge in [0.1, 0.15) is 0 Å². The Morgan fingerprint density at radius 2 is 2.25 bits per heavy atom. The molecular weight excluding hydrogens is 67.0 g/mol. The van der Waals surface area contributed by atoms with Gasteiger partial charge in [0.2, 0.25) is 0 Å². The third-order valence-electron chi connectivity index (χ3n) is 0.612. The van der Waals surface area contributed by atoms with E-state index in [0.717, 1.165) is 5.66 Å². The zero-order chi connectivity index (χ0) is 2.99. The first-order valence-electron chi connectivity index (χ1n) is 1.63. The lowest BCUT2D eigenvalue weighted by molar-refractivity contribution is 1.25. The Labute approximate surface area is 28.4 Å². The molecule has 0 N–H and O–H groups in total. The van der Waals surface area contributed by atoms with Crippen LogP contribution in [0.2, 0.25) is 0 Å². The van der Waals surface area contributed by atoms with Gasteiger partial charge in [-0.15, -0.1) is 8.58 Å². The van der Waals surface area contributed by atoms with Gasteiger partial charge in [-0.25, -0.2) is 0 Å². The molecule has 1 aliphatic rings. The molecule has 1 heterocycles. The minimum atomic E-state index is 1.11. The van der Waals surface area contributed by atoms with Crippen molar-refractivity contribution in [2.24, 2.45) is 0 Å². The van der Waals surface area contributed by atoms with Crippen LogP contribution in [0.3, 0.4) is 0 Å². The predicted molar refractivity (Wildman–Crippen MR) is 22.6 cm³/mol. The Balaban J connectivity index is 2.17. The van der Waals surface area contributed by atoms with Crippen molar-refractivity contribution in [2.75, 3.05) is 6.16 Å². The Hall–Kier alpha value is 0.430. The Morgan fingerprint density at radius 3 is 2.25 bits per heavy atom. The van der Waals surface area contributed by atoms with Crippen LogP contribution in [-0.4, -0.2) is 11.8 Å². The summed E-state index contributed by atoms with van der Waals surface area (Å²) in [6.07, 6.45) is 1.51. The summed E-state index contributed by atoms with van der Waals surface area (Å²) in [5.41, 5.74) is 1.11. The lowest BCUT2D eigenvalue weighted by Gasteiger charge is -1.52. The van der Waals surface area contributed by atoms with E-state index in [1.807, 2.05) is 0 Å². The summed E-state index contributed by atoms with van der Waals surface area (Å²) in [5, 5.41) is 0. The van der Waals surface area contributed by atoms with Gasteiger partial charge in [0.15, 0.2) is 0 Å². The van der Waals surface area contributed by atoms with E-state index in [1.165, 1.54) is 14.7 Å². The van der Waals surface area contributed by atoms with Crippen molar-refractivity contribution in [2.45, 2.75) is 12.6 Å². The van der Waals surface area contributed by atoms with E-state index in [0.29, 0.717) is 0 Å². The highest BCUT2D eigenvalue weighted by atomic mass is 31.1. The Bertz CT molecular complexity index is 22.5. The van der Waals surface area contributed by atoms with Crippen LogP contribution in [0.5, 0.6) is 0 Å². The maximum absolute atomic E-state index is 2.29. The SMILES string of the molecule is C[C@@H]1CP1. The molecule has 0 aliphatic carbocycles. The monoisotopic (exact) mass is 74.0 g/mol. The third kappa shape index (κ3) is 0.422. The summed E-state index contributed by atoms with van der Waals surface area (Å²) in [5.74, 6) is 0. The number of hydrogen-bond acceptors (Lipinski definition) is 0. The van der Waals surface area contributed by atoms with Gasteiger partial charge < -0.3 is 0 Å². The first kappa shape index (κ1) is 2.66. The molecule has 0 nitrogen and oxygen atoms in total. The average molecular weight is 74.1 g/mol. The maximum atomic E-state index is 2.29. The van der Waals surface area contributed by atoms with Crippen LogP contribution in [0.25, 0.3) is 0 Å². The van der Waals surface area contributed by atoms with E-state index >= 15 is 0 Å². The molecule has 0 amide bonds. The molecule has 0 saturated carbocycles. The largest absolute Gasteiger partial charge is 0.118 e. The summed E-state index contributed by atoms with van der Waals surface area (Å²) in [4.78, 5) is 0. The van der Waals surface area contributed by atoms with Crippen molar-refractivity contribution < 1.29 is 0 Å². The van der Waals surface area contributed by atoms with E-state index in [9.17, 15) is 0 Å². The normalized spacial score (nSPS) is 45.8. The first-order chi connectivity index (χ1) is 1.89. The molecule has 1 saturated heterocycles. The highest BCUT2D eigenvalue weighted by Crippen LogP contribution is 2.37. The van der Waals surface area contributed by atoms with E-state index in [1.54, 1.807) is 0 Å². The molecular formula is C3H7P. The molecule has 1 heteroatoms. The molecule has 0 aromatic rings. The van der Waals surface area contributed by atoms with Gasteiger partial charge in [-0.2, -0.15) is 0 Å². The second-order valence-corrected chi connectivity index (χ2v) is 3.11. The first-order valence-corrected chi connectivity index (χ1v) is 2.91. The quantitative estimate of drug-likeness (QED) is 0.377. The van der Waals surface area contributed by atoms with Crippen molar-refractivity contribution in [1.29, 1.82) is 0 Å². The van der Waals surface area contributed by atoms with Gasteiger partial charge in [-0.05, 0) is 11.8 Å². The van der Waals surface area contributed by atoms with Crippen LogP contribution in [0.15, 0.2) is 0 Å². The molecule has 1 rings (SSSR count). The molecule has 1 unspecified atom stereocenters. The molecule has 24 valence electrons. The Morgan fingerprint density at radius 1 is 2.00 bits per heavy atom. The van der Waals surface area contributed by atoms with E-state index in [4.69, 9.17) is 0 Å². The summed E-state index contributed by atoms with van der Waals surface area (Å²) >= 11 is 0. The highest BCUT2D eigenvalue weighted by Gasteiger charge is 2.12. The molecule has 0 aromatic heterocycles. The Kier molecular flexibility index (Phi) is 0.456. The summed E-state index contributed by atoms with van der Waals surface area (Å²) in [6, 6.07) is 0. The summed E-state index contributed by atoms with van der Waals surface area (Å²) in [6.45, 7) is 2.29. The van der Waals surface area contributed by atoms with Crippen molar-refractivity contribution in [3.05, 3.63) is 0 Å². The third-order valence-corrected chi connectivity index (χ3v) is 1.84.